The van der Waals surface area contributed by atoms with Crippen LogP contribution in [0.15, 0.2) is 42.5 Å². The Morgan fingerprint density at radius 3 is 2.40 bits per heavy atom. The number of nitrogens with one attached hydrogen (secondary N) is 1. The molecule has 1 amide bonds. The molecule has 1 N–H and O–H groups in total. The molecule has 0 aliphatic rings. The number of carbonyl (C=O) groups excluding carboxylic acids is 3. The molecule has 0 fully saturated rings. The van der Waals surface area contributed by atoms with Crippen molar-refractivity contribution in [1.29, 1.82) is 0 Å². The molecule has 0 unspecified atom stereocenters. The molecular formula is C22H23F2NO5. The molecule has 0 spiro atoms. The highest BCUT2D eigenvalue weighted by Gasteiger charge is 2.20. The summed E-state index contributed by atoms with van der Waals surface area (Å²) in [6.07, 6.45) is -0.693. The summed E-state index contributed by atoms with van der Waals surface area (Å²) < 4.78 is 37.1. The van der Waals surface area contributed by atoms with E-state index >= 15 is 0 Å². The summed E-state index contributed by atoms with van der Waals surface area (Å²) in [6, 6.07) is 9.19. The van der Waals surface area contributed by atoms with Crippen LogP contribution in [0.25, 0.3) is 0 Å². The van der Waals surface area contributed by atoms with Crippen LogP contribution in [0.2, 0.25) is 0 Å². The second-order valence-corrected chi connectivity index (χ2v) is 6.54. The predicted octanol–water partition coefficient (Wildman–Crippen LogP) is 4.29. The van der Waals surface area contributed by atoms with Gasteiger partial charge >= 0.3 is 5.97 Å². The minimum atomic E-state index is -1.25. The smallest absolute Gasteiger partial charge is 0.307 e. The van der Waals surface area contributed by atoms with Gasteiger partial charge in [0.25, 0.3) is 5.91 Å². The maximum atomic E-state index is 13.6. The van der Waals surface area contributed by atoms with Crippen molar-refractivity contribution >= 4 is 23.3 Å². The molecular weight excluding hydrogens is 396 g/mol. The molecule has 0 saturated carbocycles. The molecule has 0 radical (unpaired) electrons. The third-order valence-corrected chi connectivity index (χ3v) is 4.07. The van der Waals surface area contributed by atoms with Crippen molar-refractivity contribution in [3.05, 3.63) is 59.7 Å². The monoisotopic (exact) mass is 419 g/mol. The molecule has 0 aromatic heterocycles. The SMILES string of the molecule is CCCOc1ccc(C(=O)CCC(=O)O[C@H](C)C(=O)Nc2cc(F)ccc2F)cc1. The Hall–Kier alpha value is -3.29. The van der Waals surface area contributed by atoms with E-state index in [1.54, 1.807) is 24.3 Å². The van der Waals surface area contributed by atoms with E-state index in [0.717, 1.165) is 24.6 Å². The summed E-state index contributed by atoms with van der Waals surface area (Å²) in [5.41, 5.74) is 0.0726. The molecule has 0 heterocycles. The molecule has 6 nitrogen and oxygen atoms in total. The molecule has 0 bridgehead atoms. The Morgan fingerprint density at radius 1 is 1.03 bits per heavy atom. The maximum absolute atomic E-state index is 13.6. The van der Waals surface area contributed by atoms with E-state index in [-0.39, 0.29) is 24.3 Å². The molecule has 2 aromatic rings. The number of halogens is 2. The number of amides is 1. The maximum Gasteiger partial charge on any atom is 0.307 e. The Kier molecular flexibility index (Phi) is 8.46. The minimum Gasteiger partial charge on any atom is -0.494 e. The van der Waals surface area contributed by atoms with Gasteiger partial charge in [-0.15, -0.1) is 0 Å². The highest BCUT2D eigenvalue weighted by molar-refractivity contribution is 5.98. The quantitative estimate of drug-likeness (QED) is 0.459. The fourth-order valence-corrected chi connectivity index (χ4v) is 2.45. The number of hydrogen-bond acceptors (Lipinski definition) is 5. The molecule has 0 aliphatic carbocycles. The van der Waals surface area contributed by atoms with Gasteiger partial charge in [-0.3, -0.25) is 14.4 Å². The number of ketones is 1. The molecule has 160 valence electrons. The second kappa shape index (κ2) is 11.0. The second-order valence-electron chi connectivity index (χ2n) is 6.54. The summed E-state index contributed by atoms with van der Waals surface area (Å²) >= 11 is 0. The lowest BCUT2D eigenvalue weighted by Gasteiger charge is -2.14. The van der Waals surface area contributed by atoms with Crippen molar-refractivity contribution in [3.63, 3.8) is 0 Å². The number of carbonyl (C=O) groups is 3. The third kappa shape index (κ3) is 6.95. The van der Waals surface area contributed by atoms with Gasteiger partial charge in [-0.1, -0.05) is 6.92 Å². The average Bonchev–Trinajstić information content (AvgIpc) is 2.73. The Bertz CT molecular complexity index is 899. The number of benzene rings is 2. The van der Waals surface area contributed by atoms with Crippen molar-refractivity contribution < 1.29 is 32.6 Å². The molecule has 2 aromatic carbocycles. The summed E-state index contributed by atoms with van der Waals surface area (Å²) in [5.74, 6) is -2.72. The van der Waals surface area contributed by atoms with Crippen LogP contribution in [0.3, 0.4) is 0 Å². The Labute approximate surface area is 173 Å². The average molecular weight is 419 g/mol. The van der Waals surface area contributed by atoms with Gasteiger partial charge < -0.3 is 14.8 Å². The van der Waals surface area contributed by atoms with Crippen LogP contribution in [0.4, 0.5) is 14.5 Å². The van der Waals surface area contributed by atoms with Crippen LogP contribution >= 0.6 is 0 Å². The Morgan fingerprint density at radius 2 is 1.73 bits per heavy atom. The van der Waals surface area contributed by atoms with E-state index in [4.69, 9.17) is 9.47 Å². The molecule has 2 rings (SSSR count). The van der Waals surface area contributed by atoms with Gasteiger partial charge in [-0.25, -0.2) is 8.78 Å². The van der Waals surface area contributed by atoms with E-state index in [9.17, 15) is 23.2 Å². The zero-order valence-electron chi connectivity index (χ0n) is 16.7. The normalized spacial score (nSPS) is 11.5. The molecule has 8 heteroatoms. The first-order chi connectivity index (χ1) is 14.3. The van der Waals surface area contributed by atoms with E-state index < -0.39 is 29.6 Å². The lowest BCUT2D eigenvalue weighted by atomic mass is 10.1. The number of anilines is 1. The summed E-state index contributed by atoms with van der Waals surface area (Å²) in [5, 5.41) is 2.16. The van der Waals surface area contributed by atoms with E-state index in [1.165, 1.54) is 6.92 Å². The fraction of sp³-hybridized carbons (Fsp3) is 0.318. The first-order valence-electron chi connectivity index (χ1n) is 9.51. The topological polar surface area (TPSA) is 81.7 Å². The first-order valence-corrected chi connectivity index (χ1v) is 9.51. The lowest BCUT2D eigenvalue weighted by molar-refractivity contribution is -0.153. The van der Waals surface area contributed by atoms with Crippen molar-refractivity contribution in [2.75, 3.05) is 11.9 Å². The summed E-state index contributed by atoms with van der Waals surface area (Å²) in [6.45, 7) is 3.86. The van der Waals surface area contributed by atoms with Gasteiger partial charge in [0.1, 0.15) is 17.4 Å². The Balaban J connectivity index is 1.81. The van der Waals surface area contributed by atoms with Crippen LogP contribution in [0.5, 0.6) is 5.75 Å². The minimum absolute atomic E-state index is 0.0964. The van der Waals surface area contributed by atoms with Crippen molar-refractivity contribution in [2.45, 2.75) is 39.2 Å². The van der Waals surface area contributed by atoms with Crippen LogP contribution in [0, 0.1) is 11.6 Å². The van der Waals surface area contributed by atoms with Crippen LogP contribution in [0.1, 0.15) is 43.5 Å². The van der Waals surface area contributed by atoms with Crippen LogP contribution in [-0.2, 0) is 14.3 Å². The molecule has 1 atom stereocenters. The highest BCUT2D eigenvalue weighted by atomic mass is 19.1. The van der Waals surface area contributed by atoms with Gasteiger partial charge in [-0.05, 0) is 49.7 Å². The number of esters is 1. The largest absolute Gasteiger partial charge is 0.494 e. The van der Waals surface area contributed by atoms with Gasteiger partial charge in [0.2, 0.25) is 0 Å². The number of ether oxygens (including phenoxy) is 2. The van der Waals surface area contributed by atoms with Gasteiger partial charge in [0.15, 0.2) is 11.9 Å². The standard InChI is InChI=1S/C22H23F2NO5/c1-3-12-29-17-7-4-15(5-8-17)20(26)10-11-21(27)30-14(2)22(28)25-19-13-16(23)6-9-18(19)24/h4-9,13-14H,3,10-12H2,1-2H3,(H,25,28)/t14-/m1/s1. The molecule has 0 saturated heterocycles. The number of rotatable bonds is 10. The molecule has 30 heavy (non-hydrogen) atoms. The van der Waals surface area contributed by atoms with E-state index in [2.05, 4.69) is 5.32 Å². The number of hydrogen-bond donors (Lipinski definition) is 1. The fourth-order valence-electron chi connectivity index (χ4n) is 2.45. The van der Waals surface area contributed by atoms with Gasteiger partial charge in [0, 0.05) is 18.1 Å². The lowest BCUT2D eigenvalue weighted by Crippen LogP contribution is -2.30. The highest BCUT2D eigenvalue weighted by Crippen LogP contribution is 2.17. The van der Waals surface area contributed by atoms with Crippen molar-refractivity contribution in [3.8, 4) is 5.75 Å². The van der Waals surface area contributed by atoms with Gasteiger partial charge in [0.05, 0.1) is 18.7 Å². The van der Waals surface area contributed by atoms with Gasteiger partial charge in [-0.2, -0.15) is 0 Å². The van der Waals surface area contributed by atoms with E-state index in [1.807, 2.05) is 6.92 Å². The van der Waals surface area contributed by atoms with Crippen molar-refractivity contribution in [2.24, 2.45) is 0 Å². The summed E-state index contributed by atoms with van der Waals surface area (Å²) in [4.78, 5) is 36.2. The zero-order valence-corrected chi connectivity index (χ0v) is 16.7. The van der Waals surface area contributed by atoms with Crippen molar-refractivity contribution in [1.82, 2.24) is 0 Å². The third-order valence-electron chi connectivity index (χ3n) is 4.07. The first kappa shape index (κ1) is 23.0. The van der Waals surface area contributed by atoms with Crippen LogP contribution < -0.4 is 10.1 Å². The van der Waals surface area contributed by atoms with Crippen LogP contribution in [-0.4, -0.2) is 30.4 Å². The van der Waals surface area contributed by atoms with E-state index in [0.29, 0.717) is 17.9 Å². The number of Topliss-reactive ketones (excluding diaryl/α,β-unsaturated/α-hetero) is 1. The predicted molar refractivity (Wildman–Crippen MR) is 106 cm³/mol. The zero-order chi connectivity index (χ0) is 22.1. The summed E-state index contributed by atoms with van der Waals surface area (Å²) in [7, 11) is 0. The molecule has 0 aliphatic heterocycles.